The molecule has 0 fully saturated rings. The summed E-state index contributed by atoms with van der Waals surface area (Å²) in [4.78, 5) is 9.86. The average Bonchev–Trinajstić information content (AvgIpc) is 1.65. The fourth-order valence-electron chi connectivity index (χ4n) is 0.123. The number of hydrogen-bond donors (Lipinski definition) is 1. The van der Waals surface area contributed by atoms with Gasteiger partial charge in [-0.1, -0.05) is 6.08 Å². The quantitative estimate of drug-likeness (QED) is 0.554. The standard InChI is InChI=1S/C5H8O2.ClH/c1-3-4(2)5(6)7;/h3H,1-2H3,(H,6,7);1H/b4-3-;. The third-order valence-corrected chi connectivity index (χ3v) is 0.770. The minimum absolute atomic E-state index is 0. The van der Waals surface area contributed by atoms with Crippen LogP contribution in [0.25, 0.3) is 0 Å². The molecule has 3 heteroatoms. The van der Waals surface area contributed by atoms with Gasteiger partial charge < -0.3 is 5.11 Å². The van der Waals surface area contributed by atoms with E-state index in [0.29, 0.717) is 5.57 Å². The van der Waals surface area contributed by atoms with Gasteiger partial charge in [0, 0.05) is 5.57 Å². The van der Waals surface area contributed by atoms with E-state index in [4.69, 9.17) is 5.11 Å². The van der Waals surface area contributed by atoms with Crippen molar-refractivity contribution in [1.29, 1.82) is 0 Å². The summed E-state index contributed by atoms with van der Waals surface area (Å²) in [6, 6.07) is 0. The molecule has 0 aliphatic carbocycles. The number of allylic oxidation sites excluding steroid dienone is 1. The Labute approximate surface area is 54.6 Å². The van der Waals surface area contributed by atoms with Crippen LogP contribution in [0.2, 0.25) is 0 Å². The molecule has 0 heterocycles. The Morgan fingerprint density at radius 2 is 2.00 bits per heavy atom. The molecule has 0 spiro atoms. The highest BCUT2D eigenvalue weighted by Crippen LogP contribution is 1.87. The van der Waals surface area contributed by atoms with E-state index in [1.165, 1.54) is 0 Å². The number of carboxylic acids is 1. The zero-order valence-electron chi connectivity index (χ0n) is 4.84. The molecule has 0 saturated heterocycles. The van der Waals surface area contributed by atoms with Gasteiger partial charge in [-0.05, 0) is 13.8 Å². The first-order chi connectivity index (χ1) is 3.18. The second-order valence-corrected chi connectivity index (χ2v) is 1.28. The van der Waals surface area contributed by atoms with Gasteiger partial charge >= 0.3 is 5.97 Å². The van der Waals surface area contributed by atoms with Crippen molar-refractivity contribution < 1.29 is 9.90 Å². The number of carboxylic acid groups (broad SMARTS) is 1. The van der Waals surface area contributed by atoms with Gasteiger partial charge in [-0.3, -0.25) is 0 Å². The molecule has 0 unspecified atom stereocenters. The Hall–Kier alpha value is -0.500. The molecule has 0 aliphatic rings. The lowest BCUT2D eigenvalue weighted by Gasteiger charge is -1.84. The van der Waals surface area contributed by atoms with Crippen LogP contribution >= 0.6 is 12.4 Å². The summed E-state index contributed by atoms with van der Waals surface area (Å²) in [5.41, 5.74) is 0.389. The van der Waals surface area contributed by atoms with Crippen LogP contribution in [0.4, 0.5) is 0 Å². The Bertz CT molecular complexity index is 107. The minimum Gasteiger partial charge on any atom is -0.478 e. The largest absolute Gasteiger partial charge is 0.478 e. The monoisotopic (exact) mass is 136 g/mol. The van der Waals surface area contributed by atoms with Gasteiger partial charge in [-0.25, -0.2) is 4.79 Å². The van der Waals surface area contributed by atoms with Crippen molar-refractivity contribution >= 4 is 18.4 Å². The van der Waals surface area contributed by atoms with E-state index in [1.807, 2.05) is 0 Å². The summed E-state index contributed by atoms with van der Waals surface area (Å²) in [5.74, 6) is -0.845. The zero-order chi connectivity index (χ0) is 5.86. The molecule has 2 nitrogen and oxygen atoms in total. The van der Waals surface area contributed by atoms with Crippen LogP contribution in [0.15, 0.2) is 11.6 Å². The van der Waals surface area contributed by atoms with Gasteiger partial charge in [0.05, 0.1) is 0 Å². The van der Waals surface area contributed by atoms with E-state index in [1.54, 1.807) is 19.9 Å². The number of aliphatic carboxylic acids is 1. The second kappa shape index (κ2) is 4.65. The third kappa shape index (κ3) is 3.68. The van der Waals surface area contributed by atoms with Crippen molar-refractivity contribution in [2.75, 3.05) is 0 Å². The smallest absolute Gasteiger partial charge is 0.330 e. The topological polar surface area (TPSA) is 37.3 Å². The number of hydrogen-bond acceptors (Lipinski definition) is 1. The molecule has 0 atom stereocenters. The highest BCUT2D eigenvalue weighted by atomic mass is 35.5. The van der Waals surface area contributed by atoms with Crippen LogP contribution < -0.4 is 0 Å². The van der Waals surface area contributed by atoms with Crippen LogP contribution in [-0.2, 0) is 4.79 Å². The van der Waals surface area contributed by atoms with E-state index in [-0.39, 0.29) is 12.4 Å². The Kier molecular flexibility index (Phi) is 6.09. The Balaban J connectivity index is 0. The van der Waals surface area contributed by atoms with Gasteiger partial charge in [-0.15, -0.1) is 12.4 Å². The normalized spacial score (nSPS) is 10.0. The first-order valence-corrected chi connectivity index (χ1v) is 2.04. The Morgan fingerprint density at radius 3 is 2.00 bits per heavy atom. The van der Waals surface area contributed by atoms with Crippen LogP contribution in [0.5, 0.6) is 0 Å². The molecule has 0 bridgehead atoms. The van der Waals surface area contributed by atoms with E-state index in [2.05, 4.69) is 0 Å². The summed E-state index contributed by atoms with van der Waals surface area (Å²) in [6.45, 7) is 3.26. The molecule has 0 aliphatic heterocycles. The second-order valence-electron chi connectivity index (χ2n) is 1.28. The van der Waals surface area contributed by atoms with Crippen molar-refractivity contribution in [3.05, 3.63) is 11.6 Å². The maximum absolute atomic E-state index is 9.86. The maximum atomic E-state index is 9.86. The molecule has 0 aromatic heterocycles. The molecule has 0 aromatic rings. The summed E-state index contributed by atoms with van der Waals surface area (Å²) < 4.78 is 0. The highest BCUT2D eigenvalue weighted by Gasteiger charge is 1.93. The van der Waals surface area contributed by atoms with Crippen molar-refractivity contribution in [2.24, 2.45) is 0 Å². The van der Waals surface area contributed by atoms with E-state index in [9.17, 15) is 4.79 Å². The van der Waals surface area contributed by atoms with Gasteiger partial charge in [0.1, 0.15) is 0 Å². The number of carbonyl (C=O) groups is 1. The maximum Gasteiger partial charge on any atom is 0.330 e. The van der Waals surface area contributed by atoms with Crippen LogP contribution in [0.1, 0.15) is 13.8 Å². The Morgan fingerprint density at radius 1 is 1.62 bits per heavy atom. The lowest BCUT2D eigenvalue weighted by molar-refractivity contribution is -0.132. The van der Waals surface area contributed by atoms with E-state index in [0.717, 1.165) is 0 Å². The van der Waals surface area contributed by atoms with Crippen molar-refractivity contribution in [3.63, 3.8) is 0 Å². The van der Waals surface area contributed by atoms with Crippen LogP contribution in [0.3, 0.4) is 0 Å². The number of rotatable bonds is 1. The third-order valence-electron chi connectivity index (χ3n) is 0.770. The molecule has 8 heavy (non-hydrogen) atoms. The minimum atomic E-state index is -0.845. The summed E-state index contributed by atoms with van der Waals surface area (Å²) in [6.07, 6.45) is 1.56. The van der Waals surface area contributed by atoms with Crippen molar-refractivity contribution in [3.8, 4) is 0 Å². The fourth-order valence-corrected chi connectivity index (χ4v) is 0.123. The van der Waals surface area contributed by atoms with Gasteiger partial charge in [0.25, 0.3) is 0 Å². The van der Waals surface area contributed by atoms with Gasteiger partial charge in [0.15, 0.2) is 0 Å². The molecule has 0 amide bonds. The molecular weight excluding hydrogens is 128 g/mol. The summed E-state index contributed by atoms with van der Waals surface area (Å²) >= 11 is 0. The van der Waals surface area contributed by atoms with Gasteiger partial charge in [-0.2, -0.15) is 0 Å². The average molecular weight is 137 g/mol. The molecule has 0 rings (SSSR count). The zero-order valence-corrected chi connectivity index (χ0v) is 5.66. The SMILES string of the molecule is C/C=C(/C)C(=O)O.Cl. The predicted octanol–water partition coefficient (Wildman–Crippen LogP) is 1.46. The van der Waals surface area contributed by atoms with Gasteiger partial charge in [0.2, 0.25) is 0 Å². The van der Waals surface area contributed by atoms with Crippen molar-refractivity contribution in [1.82, 2.24) is 0 Å². The lowest BCUT2D eigenvalue weighted by atomic mass is 10.3. The molecule has 0 radical (unpaired) electrons. The summed E-state index contributed by atoms with van der Waals surface area (Å²) in [7, 11) is 0. The first kappa shape index (κ1) is 10.5. The first-order valence-electron chi connectivity index (χ1n) is 2.04. The van der Waals surface area contributed by atoms with E-state index < -0.39 is 5.97 Å². The molecule has 48 valence electrons. The van der Waals surface area contributed by atoms with Crippen LogP contribution in [-0.4, -0.2) is 11.1 Å². The highest BCUT2D eigenvalue weighted by molar-refractivity contribution is 5.85. The molecular formula is C5H9ClO2. The van der Waals surface area contributed by atoms with E-state index >= 15 is 0 Å². The molecule has 1 N–H and O–H groups in total. The predicted molar refractivity (Wildman–Crippen MR) is 34.3 cm³/mol. The van der Waals surface area contributed by atoms with Crippen LogP contribution in [0, 0.1) is 0 Å². The lowest BCUT2D eigenvalue weighted by Crippen LogP contribution is -1.93. The number of halogens is 1. The summed E-state index contributed by atoms with van der Waals surface area (Å²) in [5, 5.41) is 8.11. The van der Waals surface area contributed by atoms with Crippen molar-refractivity contribution in [2.45, 2.75) is 13.8 Å². The fraction of sp³-hybridized carbons (Fsp3) is 0.400. The molecule has 0 saturated carbocycles. The molecule has 0 aromatic carbocycles.